The zero-order valence-electron chi connectivity index (χ0n) is 13.2. The number of hydrogen-bond acceptors (Lipinski definition) is 3. The third-order valence-electron chi connectivity index (χ3n) is 2.08. The molecule has 0 unspecified atom stereocenters. The average molecular weight is 496 g/mol. The van der Waals surface area contributed by atoms with Gasteiger partial charge in [0.1, 0.15) is 0 Å². The summed E-state index contributed by atoms with van der Waals surface area (Å²) in [5.41, 5.74) is -1.42. The van der Waals surface area contributed by atoms with E-state index in [0.29, 0.717) is 18.6 Å². The molecule has 0 amide bonds. The summed E-state index contributed by atoms with van der Waals surface area (Å²) in [5.74, 6) is -5.31. The summed E-state index contributed by atoms with van der Waals surface area (Å²) in [6, 6.07) is 1.73. The normalized spacial score (nSPS) is 9.91. The molecule has 0 aliphatic carbocycles. The average Bonchev–Trinajstić information content (AvgIpc) is 2.44. The summed E-state index contributed by atoms with van der Waals surface area (Å²) in [6.07, 6.45) is 0. The number of ether oxygens (including phenoxy) is 1. The molecular formula is C14H18F3NO3Os-2. The van der Waals surface area contributed by atoms with Crippen molar-refractivity contribution in [3.05, 3.63) is 34.4 Å². The Morgan fingerprint density at radius 2 is 1.55 bits per heavy atom. The summed E-state index contributed by atoms with van der Waals surface area (Å²) in [4.78, 5) is 11.5. The minimum absolute atomic E-state index is 0.544. The molecule has 0 N–H and O–H groups in total. The van der Waals surface area contributed by atoms with E-state index < -0.39 is 40.1 Å². The van der Waals surface area contributed by atoms with Gasteiger partial charge in [0, 0.05) is 11.6 Å². The predicted octanol–water partition coefficient (Wildman–Crippen LogP) is 3.66. The Kier molecular flexibility index (Phi) is 11.1. The Morgan fingerprint density at radius 3 is 1.91 bits per heavy atom. The number of halogens is 3. The molecule has 0 aromatic heterocycles. The fourth-order valence-corrected chi connectivity index (χ4v) is 0.957. The topological polar surface area (TPSA) is 57.5 Å². The number of carbonyl (C=O) groups is 1. The number of benzene rings is 1. The van der Waals surface area contributed by atoms with Gasteiger partial charge in [-0.05, 0) is 20.8 Å². The first-order valence-electron chi connectivity index (χ1n) is 5.97. The molecule has 0 saturated heterocycles. The van der Waals surface area contributed by atoms with Gasteiger partial charge in [-0.3, -0.25) is 13.6 Å². The van der Waals surface area contributed by atoms with Crippen LogP contribution in [0.1, 0.15) is 26.3 Å². The minimum atomic E-state index is -1.37. The monoisotopic (exact) mass is 497 g/mol. The standard InChI is InChI=1S/C12H12F3O2.C2H6N.O.Os/c1-6-9(14)7(13)5-8(10(6)15)17-11(16)12(2,3)4;1-3-2;;/h1-4H3;1-2H3;;/q2*-1;;. The van der Waals surface area contributed by atoms with Crippen molar-refractivity contribution in [1.29, 1.82) is 0 Å². The second-order valence-electron chi connectivity index (χ2n) is 5.11. The van der Waals surface area contributed by atoms with Gasteiger partial charge in [0.25, 0.3) is 0 Å². The number of esters is 1. The van der Waals surface area contributed by atoms with Gasteiger partial charge >= 0.3 is 28.1 Å². The van der Waals surface area contributed by atoms with Crippen molar-refractivity contribution >= 4 is 5.97 Å². The molecule has 1 aromatic carbocycles. The van der Waals surface area contributed by atoms with Crippen LogP contribution in [0.3, 0.4) is 0 Å². The van der Waals surface area contributed by atoms with Crippen LogP contribution < -0.4 is 4.74 Å². The molecule has 0 spiro atoms. The van der Waals surface area contributed by atoms with Crippen LogP contribution >= 0.6 is 0 Å². The van der Waals surface area contributed by atoms with Crippen LogP contribution in [-0.4, -0.2) is 20.1 Å². The van der Waals surface area contributed by atoms with E-state index in [2.05, 4.69) is 10.1 Å². The van der Waals surface area contributed by atoms with E-state index in [0.717, 1.165) is 6.92 Å². The Morgan fingerprint density at radius 1 is 1.14 bits per heavy atom. The fraction of sp³-hybridized carbons (Fsp3) is 0.500. The van der Waals surface area contributed by atoms with E-state index in [1.807, 2.05) is 0 Å². The number of nitrogens with zero attached hydrogens (tertiary/aromatic N) is 1. The number of carbonyl (C=O) groups excluding carboxylic acids is 1. The molecule has 4 nitrogen and oxygen atoms in total. The summed E-state index contributed by atoms with van der Waals surface area (Å²) >= 11 is 0.611. The van der Waals surface area contributed by atoms with Gasteiger partial charge in [0.15, 0.2) is 0 Å². The number of rotatable bonds is 1. The predicted molar refractivity (Wildman–Crippen MR) is 70.9 cm³/mol. The number of hydrogen-bond donors (Lipinski definition) is 0. The molecule has 1 rings (SSSR count). The molecule has 0 heterocycles. The second-order valence-corrected chi connectivity index (χ2v) is 5.11. The van der Waals surface area contributed by atoms with Gasteiger partial charge in [-0.2, -0.15) is 14.1 Å². The van der Waals surface area contributed by atoms with Crippen LogP contribution in [0, 0.1) is 35.9 Å². The first-order valence-corrected chi connectivity index (χ1v) is 7.01. The molecule has 0 saturated carbocycles. The van der Waals surface area contributed by atoms with Gasteiger partial charge in [-0.25, -0.2) is 4.39 Å². The Labute approximate surface area is 138 Å². The van der Waals surface area contributed by atoms with Crippen LogP contribution in [0.4, 0.5) is 13.2 Å². The maximum absolute atomic E-state index is 13.5. The molecule has 0 aliphatic heterocycles. The zero-order valence-corrected chi connectivity index (χ0v) is 15.7. The van der Waals surface area contributed by atoms with Crippen LogP contribution in [0.15, 0.2) is 0 Å². The molecule has 22 heavy (non-hydrogen) atoms. The Balaban J connectivity index is 0. The fourth-order valence-electron chi connectivity index (χ4n) is 0.957. The first-order chi connectivity index (χ1) is 10.1. The molecule has 0 atom stereocenters. The van der Waals surface area contributed by atoms with Gasteiger partial charge in [-0.1, -0.05) is 18.6 Å². The van der Waals surface area contributed by atoms with Gasteiger partial charge in [-0.15, -0.1) is 0 Å². The van der Waals surface area contributed by atoms with E-state index in [-0.39, 0.29) is 0 Å². The molecule has 0 radical (unpaired) electrons. The van der Waals surface area contributed by atoms with E-state index in [1.54, 1.807) is 40.9 Å². The quantitative estimate of drug-likeness (QED) is 0.259. The van der Waals surface area contributed by atoms with Crippen molar-refractivity contribution < 1.29 is 44.8 Å². The van der Waals surface area contributed by atoms with Crippen LogP contribution in [-0.2, 0) is 26.9 Å². The molecule has 8 heteroatoms. The van der Waals surface area contributed by atoms with Crippen molar-refractivity contribution in [3.8, 4) is 5.75 Å². The van der Waals surface area contributed by atoms with Crippen molar-refractivity contribution in [2.24, 2.45) is 5.41 Å². The Bertz CT molecular complexity index is 505. The molecular weight excluding hydrogens is 477 g/mol. The molecule has 128 valence electrons. The van der Waals surface area contributed by atoms with Crippen molar-refractivity contribution in [2.75, 3.05) is 14.1 Å². The van der Waals surface area contributed by atoms with E-state index >= 15 is 0 Å². The zero-order chi connectivity index (χ0) is 18.1. The summed E-state index contributed by atoms with van der Waals surface area (Å²) in [6.45, 7) is 5.72. The van der Waals surface area contributed by atoms with Crippen LogP contribution in [0.2, 0.25) is 0 Å². The van der Waals surface area contributed by atoms with E-state index in [1.165, 1.54) is 0 Å². The maximum atomic E-state index is 13.5. The van der Waals surface area contributed by atoms with Gasteiger partial charge in [0.05, 0.1) is 17.0 Å². The van der Waals surface area contributed by atoms with E-state index in [4.69, 9.17) is 3.54 Å². The third kappa shape index (κ3) is 7.23. The van der Waals surface area contributed by atoms with Crippen molar-refractivity contribution in [2.45, 2.75) is 27.7 Å². The molecule has 0 fully saturated rings. The summed E-state index contributed by atoms with van der Waals surface area (Å²) < 4.78 is 52.3. The van der Waals surface area contributed by atoms with Crippen molar-refractivity contribution in [1.82, 2.24) is 0 Å². The van der Waals surface area contributed by atoms with Crippen LogP contribution in [0.25, 0.3) is 5.32 Å². The third-order valence-corrected chi connectivity index (χ3v) is 2.08. The Hall–Kier alpha value is -1.12. The van der Waals surface area contributed by atoms with Crippen LogP contribution in [0.5, 0.6) is 5.75 Å². The SMILES string of the molecule is C[N-]C.Cc1c(F)c(F)[c-]c(OC(=O)C(C)(C)C)c1F.[O]=[Os]. The molecule has 0 bridgehead atoms. The van der Waals surface area contributed by atoms with Gasteiger partial charge < -0.3 is 10.1 Å². The summed E-state index contributed by atoms with van der Waals surface area (Å²) in [5, 5.41) is 3.50. The molecule has 1 aromatic rings. The first kappa shape index (κ1) is 23.1. The summed E-state index contributed by atoms with van der Waals surface area (Å²) in [7, 11) is 3.50. The molecule has 0 aliphatic rings. The van der Waals surface area contributed by atoms with Gasteiger partial charge in [0.2, 0.25) is 0 Å². The van der Waals surface area contributed by atoms with E-state index in [9.17, 15) is 18.0 Å². The second kappa shape index (κ2) is 10.6. The van der Waals surface area contributed by atoms with Crippen molar-refractivity contribution in [3.63, 3.8) is 0 Å².